The Morgan fingerprint density at radius 2 is 2.20 bits per heavy atom. The number of carbonyl (C=O) groups is 1. The van der Waals surface area contributed by atoms with Gasteiger partial charge in [-0.3, -0.25) is 4.79 Å². The molecule has 8 heteroatoms. The van der Waals surface area contributed by atoms with Gasteiger partial charge in [-0.05, 0) is 48.0 Å². The van der Waals surface area contributed by atoms with E-state index in [-0.39, 0.29) is 17.5 Å². The number of nitrogens with two attached hydrogens (primary N) is 1. The van der Waals surface area contributed by atoms with Gasteiger partial charge in [0.1, 0.15) is 5.54 Å². The highest BCUT2D eigenvalue weighted by Crippen LogP contribution is 2.23. The molecule has 1 aliphatic heterocycles. The number of piperidine rings is 1. The molecule has 1 aliphatic rings. The third kappa shape index (κ3) is 2.96. The van der Waals surface area contributed by atoms with Crippen molar-refractivity contribution in [3.05, 3.63) is 22.6 Å². The molecule has 1 saturated heterocycles. The van der Waals surface area contributed by atoms with E-state index in [9.17, 15) is 4.79 Å². The molecular formula is C12H17BrN4O3. The van der Waals surface area contributed by atoms with E-state index in [1.165, 1.54) is 0 Å². The number of nitrogens with zero attached hydrogens (tertiary/aromatic N) is 2. The molecule has 20 heavy (non-hydrogen) atoms. The van der Waals surface area contributed by atoms with Crippen LogP contribution in [0.3, 0.4) is 0 Å². The SMILES string of the molecule is CN1CCC(NC(=O)c2ccc(Br)o2)(/C(N)=N/O)CC1. The third-order valence-corrected chi connectivity index (χ3v) is 4.01. The fraction of sp³-hybridized carbons (Fsp3) is 0.500. The van der Waals surface area contributed by atoms with Crippen molar-refractivity contribution in [2.45, 2.75) is 18.4 Å². The second-order valence-corrected chi connectivity index (χ2v) is 5.71. The molecule has 110 valence electrons. The molecular weight excluding hydrogens is 328 g/mol. The maximum absolute atomic E-state index is 12.2. The summed E-state index contributed by atoms with van der Waals surface area (Å²) in [5, 5.41) is 14.9. The van der Waals surface area contributed by atoms with Gasteiger partial charge in [-0.1, -0.05) is 5.16 Å². The van der Waals surface area contributed by atoms with Gasteiger partial charge >= 0.3 is 0 Å². The van der Waals surface area contributed by atoms with Crippen molar-refractivity contribution in [1.82, 2.24) is 10.2 Å². The Balaban J connectivity index is 2.18. The lowest BCUT2D eigenvalue weighted by Crippen LogP contribution is -2.62. The van der Waals surface area contributed by atoms with Crippen LogP contribution in [0.25, 0.3) is 0 Å². The van der Waals surface area contributed by atoms with Crippen LogP contribution in [-0.2, 0) is 0 Å². The first kappa shape index (κ1) is 14.9. The quantitative estimate of drug-likeness (QED) is 0.328. The van der Waals surface area contributed by atoms with Gasteiger partial charge in [0.05, 0.1) is 0 Å². The minimum atomic E-state index is -0.836. The van der Waals surface area contributed by atoms with Gasteiger partial charge in [-0.2, -0.15) is 0 Å². The molecule has 0 saturated carbocycles. The van der Waals surface area contributed by atoms with Crippen molar-refractivity contribution in [3.63, 3.8) is 0 Å². The first-order chi connectivity index (χ1) is 9.47. The van der Waals surface area contributed by atoms with E-state index in [1.54, 1.807) is 12.1 Å². The Morgan fingerprint density at radius 1 is 1.55 bits per heavy atom. The molecule has 0 aromatic carbocycles. The van der Waals surface area contributed by atoms with Gasteiger partial charge in [0.15, 0.2) is 16.3 Å². The number of carbonyl (C=O) groups excluding carboxylic acids is 1. The van der Waals surface area contributed by atoms with Gasteiger partial charge in [0.2, 0.25) is 0 Å². The zero-order valence-electron chi connectivity index (χ0n) is 11.1. The molecule has 0 radical (unpaired) electrons. The number of oxime groups is 1. The van der Waals surface area contributed by atoms with E-state index < -0.39 is 5.54 Å². The van der Waals surface area contributed by atoms with Crippen molar-refractivity contribution in [3.8, 4) is 0 Å². The monoisotopic (exact) mass is 344 g/mol. The molecule has 1 aromatic rings. The van der Waals surface area contributed by atoms with Crippen molar-refractivity contribution < 1.29 is 14.4 Å². The first-order valence-corrected chi connectivity index (χ1v) is 7.00. The van der Waals surface area contributed by atoms with Crippen LogP contribution < -0.4 is 11.1 Å². The van der Waals surface area contributed by atoms with Crippen LogP contribution in [0.2, 0.25) is 0 Å². The van der Waals surface area contributed by atoms with E-state index in [1.807, 2.05) is 7.05 Å². The lowest BCUT2D eigenvalue weighted by atomic mass is 9.86. The summed E-state index contributed by atoms with van der Waals surface area (Å²) in [6, 6.07) is 3.20. The van der Waals surface area contributed by atoms with Gasteiger partial charge < -0.3 is 25.6 Å². The predicted octanol–water partition coefficient (Wildman–Crippen LogP) is 0.983. The highest BCUT2D eigenvalue weighted by Gasteiger charge is 2.40. The van der Waals surface area contributed by atoms with Crippen LogP contribution in [0.15, 0.2) is 26.4 Å². The average molecular weight is 345 g/mol. The summed E-state index contributed by atoms with van der Waals surface area (Å²) in [6.45, 7) is 1.50. The number of halogens is 1. The minimum absolute atomic E-state index is 0.0181. The zero-order valence-corrected chi connectivity index (χ0v) is 12.7. The van der Waals surface area contributed by atoms with Gasteiger partial charge in [-0.25, -0.2) is 0 Å². The molecule has 0 aliphatic carbocycles. The second-order valence-electron chi connectivity index (χ2n) is 4.93. The van der Waals surface area contributed by atoms with Crippen LogP contribution >= 0.6 is 15.9 Å². The standard InChI is InChI=1S/C12H17BrN4O3/c1-17-6-4-12(5-7-17,11(14)16-19)15-10(18)8-2-3-9(13)20-8/h2-3,19H,4-7H2,1H3,(H2,14,16)(H,15,18). The van der Waals surface area contributed by atoms with E-state index in [0.717, 1.165) is 13.1 Å². The van der Waals surface area contributed by atoms with E-state index in [2.05, 4.69) is 31.3 Å². The molecule has 0 spiro atoms. The fourth-order valence-electron chi connectivity index (χ4n) is 2.26. The molecule has 1 aromatic heterocycles. The minimum Gasteiger partial charge on any atom is -0.444 e. The van der Waals surface area contributed by atoms with Crippen LogP contribution in [-0.4, -0.2) is 47.5 Å². The van der Waals surface area contributed by atoms with Crippen molar-refractivity contribution in [2.75, 3.05) is 20.1 Å². The summed E-state index contributed by atoms with van der Waals surface area (Å²) in [6.07, 6.45) is 1.15. The Labute approximate surface area is 124 Å². The molecule has 2 rings (SSSR count). The number of furan rings is 1. The normalized spacial score (nSPS) is 19.8. The second kappa shape index (κ2) is 5.84. The first-order valence-electron chi connectivity index (χ1n) is 6.21. The summed E-state index contributed by atoms with van der Waals surface area (Å²) in [4.78, 5) is 14.3. The number of nitrogens with one attached hydrogen (secondary N) is 1. The maximum Gasteiger partial charge on any atom is 0.287 e. The van der Waals surface area contributed by atoms with Gasteiger partial charge in [0.25, 0.3) is 5.91 Å². The summed E-state index contributed by atoms with van der Waals surface area (Å²) >= 11 is 3.15. The Morgan fingerprint density at radius 3 is 2.70 bits per heavy atom. The Bertz CT molecular complexity index is 521. The molecule has 0 unspecified atom stereocenters. The summed E-state index contributed by atoms with van der Waals surface area (Å²) in [5.74, 6) is -0.183. The lowest BCUT2D eigenvalue weighted by Gasteiger charge is -2.39. The predicted molar refractivity (Wildman–Crippen MR) is 76.7 cm³/mol. The van der Waals surface area contributed by atoms with E-state index >= 15 is 0 Å². The molecule has 0 atom stereocenters. The van der Waals surface area contributed by atoms with Crippen LogP contribution in [0.1, 0.15) is 23.4 Å². The molecule has 7 nitrogen and oxygen atoms in total. The summed E-state index contributed by atoms with van der Waals surface area (Å²) < 4.78 is 5.69. The highest BCUT2D eigenvalue weighted by molar-refractivity contribution is 9.10. The number of amidine groups is 1. The van der Waals surface area contributed by atoms with Crippen LogP contribution in [0.5, 0.6) is 0 Å². The van der Waals surface area contributed by atoms with Crippen molar-refractivity contribution >= 4 is 27.7 Å². The largest absolute Gasteiger partial charge is 0.444 e. The van der Waals surface area contributed by atoms with Crippen LogP contribution in [0.4, 0.5) is 0 Å². The molecule has 2 heterocycles. The topological polar surface area (TPSA) is 104 Å². The van der Waals surface area contributed by atoms with E-state index in [4.69, 9.17) is 15.4 Å². The average Bonchev–Trinajstić information content (AvgIpc) is 2.87. The highest BCUT2D eigenvalue weighted by atomic mass is 79.9. The van der Waals surface area contributed by atoms with Crippen molar-refractivity contribution in [2.24, 2.45) is 10.9 Å². The third-order valence-electron chi connectivity index (χ3n) is 3.59. The molecule has 1 fully saturated rings. The Hall–Kier alpha value is -1.54. The lowest BCUT2D eigenvalue weighted by molar-refractivity contribution is 0.0857. The number of hydrogen-bond acceptors (Lipinski definition) is 5. The molecule has 1 amide bonds. The zero-order chi connectivity index (χ0) is 14.8. The van der Waals surface area contributed by atoms with Gasteiger partial charge in [0, 0.05) is 13.1 Å². The summed E-state index contributed by atoms with van der Waals surface area (Å²) in [7, 11) is 1.99. The number of rotatable bonds is 3. The van der Waals surface area contributed by atoms with Crippen molar-refractivity contribution in [1.29, 1.82) is 0 Å². The smallest absolute Gasteiger partial charge is 0.287 e. The van der Waals surface area contributed by atoms with E-state index in [0.29, 0.717) is 17.5 Å². The Kier molecular flexibility index (Phi) is 4.34. The fourth-order valence-corrected chi connectivity index (χ4v) is 2.56. The number of amides is 1. The maximum atomic E-state index is 12.2. The number of hydrogen-bond donors (Lipinski definition) is 3. The summed E-state index contributed by atoms with van der Waals surface area (Å²) in [5.41, 5.74) is 4.95. The number of likely N-dealkylation sites (tertiary alicyclic amines) is 1. The molecule has 4 N–H and O–H groups in total. The van der Waals surface area contributed by atoms with Gasteiger partial charge in [-0.15, -0.1) is 0 Å². The van der Waals surface area contributed by atoms with Crippen LogP contribution in [0, 0.1) is 0 Å². The molecule has 0 bridgehead atoms.